The van der Waals surface area contributed by atoms with Crippen molar-refractivity contribution >= 4 is 5.95 Å². The zero-order valence-corrected chi connectivity index (χ0v) is 13.2. The lowest BCUT2D eigenvalue weighted by atomic mass is 10.0. The third-order valence-corrected chi connectivity index (χ3v) is 4.34. The Hall–Kier alpha value is -2.12. The van der Waals surface area contributed by atoms with Gasteiger partial charge in [0.05, 0.1) is 11.7 Å². The van der Waals surface area contributed by atoms with E-state index in [-0.39, 0.29) is 12.0 Å². The maximum Gasteiger partial charge on any atom is 0.433 e. The first-order chi connectivity index (χ1) is 10.8. The van der Waals surface area contributed by atoms with Gasteiger partial charge in [-0.3, -0.25) is 4.68 Å². The van der Waals surface area contributed by atoms with Crippen molar-refractivity contribution in [3.8, 4) is 0 Å². The Morgan fingerprint density at radius 2 is 2.00 bits per heavy atom. The van der Waals surface area contributed by atoms with Crippen molar-refractivity contribution in [2.45, 2.75) is 38.9 Å². The molecular formula is C15H18F3N5. The smallest absolute Gasteiger partial charge is 0.334 e. The van der Waals surface area contributed by atoms with Gasteiger partial charge >= 0.3 is 6.18 Å². The molecule has 0 radical (unpaired) electrons. The Kier molecular flexibility index (Phi) is 3.77. The molecule has 0 saturated carbocycles. The number of nitrogens with zero attached hydrogens (tertiary/aromatic N) is 5. The highest BCUT2D eigenvalue weighted by atomic mass is 19.4. The predicted octanol–water partition coefficient (Wildman–Crippen LogP) is 3.19. The van der Waals surface area contributed by atoms with Crippen molar-refractivity contribution in [2.75, 3.05) is 11.4 Å². The molecule has 0 aliphatic carbocycles. The first kappa shape index (κ1) is 15.8. The molecule has 0 bridgehead atoms. The van der Waals surface area contributed by atoms with Gasteiger partial charge in [-0.2, -0.15) is 18.3 Å². The highest BCUT2D eigenvalue weighted by Gasteiger charge is 2.36. The molecule has 124 valence electrons. The van der Waals surface area contributed by atoms with Gasteiger partial charge < -0.3 is 4.90 Å². The lowest BCUT2D eigenvalue weighted by molar-refractivity contribution is -0.141. The van der Waals surface area contributed by atoms with E-state index in [1.54, 1.807) is 4.68 Å². The Morgan fingerprint density at radius 1 is 1.26 bits per heavy atom. The SMILES string of the molecule is Cc1nn(C)c(C)c1C1CCCN1c1nccc(C(F)(F)F)n1. The largest absolute Gasteiger partial charge is 0.433 e. The number of aromatic nitrogens is 4. The molecular weight excluding hydrogens is 307 g/mol. The molecule has 1 aliphatic rings. The molecule has 23 heavy (non-hydrogen) atoms. The molecule has 3 heterocycles. The summed E-state index contributed by atoms with van der Waals surface area (Å²) in [6.45, 7) is 4.53. The quantitative estimate of drug-likeness (QED) is 0.851. The standard InChI is InChI=1S/C15H18F3N5/c1-9-13(10(2)22(3)21-9)11-5-4-8-23(11)14-19-7-6-12(20-14)15(16,17)18/h6-7,11H,4-5,8H2,1-3H3. The fourth-order valence-corrected chi connectivity index (χ4v) is 3.22. The topological polar surface area (TPSA) is 46.8 Å². The second-order valence-electron chi connectivity index (χ2n) is 5.80. The average molecular weight is 325 g/mol. The van der Waals surface area contributed by atoms with Crippen molar-refractivity contribution in [3.05, 3.63) is 34.9 Å². The summed E-state index contributed by atoms with van der Waals surface area (Å²) in [5, 5.41) is 4.41. The van der Waals surface area contributed by atoms with Gasteiger partial charge in [-0.05, 0) is 32.8 Å². The normalized spacial score (nSPS) is 18.7. The van der Waals surface area contributed by atoms with E-state index in [9.17, 15) is 13.2 Å². The molecule has 0 spiro atoms. The van der Waals surface area contributed by atoms with E-state index in [1.165, 1.54) is 6.20 Å². The zero-order valence-electron chi connectivity index (χ0n) is 13.2. The molecule has 1 aliphatic heterocycles. The van der Waals surface area contributed by atoms with E-state index in [2.05, 4.69) is 15.1 Å². The van der Waals surface area contributed by atoms with Gasteiger partial charge in [-0.25, -0.2) is 9.97 Å². The van der Waals surface area contributed by atoms with Gasteiger partial charge in [0.2, 0.25) is 5.95 Å². The number of anilines is 1. The minimum atomic E-state index is -4.47. The van der Waals surface area contributed by atoms with Crippen LogP contribution in [0.4, 0.5) is 19.1 Å². The monoisotopic (exact) mass is 325 g/mol. The van der Waals surface area contributed by atoms with Gasteiger partial charge in [0.15, 0.2) is 0 Å². The molecule has 1 fully saturated rings. The van der Waals surface area contributed by atoms with E-state index in [0.717, 1.165) is 35.9 Å². The van der Waals surface area contributed by atoms with Crippen molar-refractivity contribution in [3.63, 3.8) is 0 Å². The molecule has 1 saturated heterocycles. The Balaban J connectivity index is 1.99. The zero-order chi connectivity index (χ0) is 16.8. The van der Waals surface area contributed by atoms with Crippen LogP contribution in [-0.2, 0) is 13.2 Å². The van der Waals surface area contributed by atoms with Gasteiger partial charge in [-0.1, -0.05) is 0 Å². The van der Waals surface area contributed by atoms with Crippen molar-refractivity contribution in [1.29, 1.82) is 0 Å². The van der Waals surface area contributed by atoms with Gasteiger partial charge in [0.1, 0.15) is 5.69 Å². The van der Waals surface area contributed by atoms with Crippen LogP contribution in [-0.4, -0.2) is 26.3 Å². The fourth-order valence-electron chi connectivity index (χ4n) is 3.22. The second-order valence-corrected chi connectivity index (χ2v) is 5.80. The lowest BCUT2D eigenvalue weighted by Gasteiger charge is -2.25. The molecule has 0 aromatic carbocycles. The summed E-state index contributed by atoms with van der Waals surface area (Å²) in [5.74, 6) is 0.130. The summed E-state index contributed by atoms with van der Waals surface area (Å²) in [7, 11) is 1.87. The van der Waals surface area contributed by atoms with Crippen LogP contribution >= 0.6 is 0 Å². The highest BCUT2D eigenvalue weighted by Crippen LogP contribution is 2.38. The summed E-state index contributed by atoms with van der Waals surface area (Å²) in [5.41, 5.74) is 2.07. The summed E-state index contributed by atoms with van der Waals surface area (Å²) in [4.78, 5) is 9.65. The van der Waals surface area contributed by atoms with Crippen molar-refractivity contribution in [1.82, 2.24) is 19.7 Å². The van der Waals surface area contributed by atoms with Crippen LogP contribution in [0.5, 0.6) is 0 Å². The van der Waals surface area contributed by atoms with E-state index in [0.29, 0.717) is 6.54 Å². The third kappa shape index (κ3) is 2.77. The third-order valence-electron chi connectivity index (χ3n) is 4.34. The highest BCUT2D eigenvalue weighted by molar-refractivity contribution is 5.42. The number of hydrogen-bond acceptors (Lipinski definition) is 4. The number of rotatable bonds is 2. The summed E-state index contributed by atoms with van der Waals surface area (Å²) in [6, 6.07) is 0.863. The van der Waals surface area contributed by atoms with Crippen LogP contribution < -0.4 is 4.90 Å². The van der Waals surface area contributed by atoms with Crippen LogP contribution in [0.2, 0.25) is 0 Å². The van der Waals surface area contributed by atoms with Gasteiger partial charge in [-0.15, -0.1) is 0 Å². The van der Waals surface area contributed by atoms with Crippen LogP contribution in [0.1, 0.15) is 41.5 Å². The van der Waals surface area contributed by atoms with Gasteiger partial charge in [0.25, 0.3) is 0 Å². The molecule has 2 aromatic rings. The average Bonchev–Trinajstić information content (AvgIpc) is 3.04. The van der Waals surface area contributed by atoms with Crippen molar-refractivity contribution < 1.29 is 13.2 Å². The first-order valence-electron chi connectivity index (χ1n) is 7.46. The van der Waals surface area contributed by atoms with E-state index < -0.39 is 11.9 Å². The number of alkyl halides is 3. The lowest BCUT2D eigenvalue weighted by Crippen LogP contribution is -2.26. The maximum atomic E-state index is 12.9. The molecule has 0 N–H and O–H groups in total. The number of halogens is 3. The molecule has 0 amide bonds. The molecule has 1 unspecified atom stereocenters. The molecule has 2 aromatic heterocycles. The molecule has 8 heteroatoms. The minimum Gasteiger partial charge on any atom is -0.334 e. The second kappa shape index (κ2) is 5.50. The van der Waals surface area contributed by atoms with Crippen LogP contribution in [0, 0.1) is 13.8 Å². The summed E-state index contributed by atoms with van der Waals surface area (Å²) >= 11 is 0. The Morgan fingerprint density at radius 3 is 2.61 bits per heavy atom. The number of aryl methyl sites for hydroxylation is 2. The van der Waals surface area contributed by atoms with Crippen LogP contribution in [0.15, 0.2) is 12.3 Å². The Bertz CT molecular complexity index is 722. The fraction of sp³-hybridized carbons (Fsp3) is 0.533. The summed E-state index contributed by atoms with van der Waals surface area (Å²) < 4.78 is 40.5. The van der Waals surface area contributed by atoms with E-state index in [4.69, 9.17) is 0 Å². The Labute approximate surface area is 132 Å². The number of hydrogen-bond donors (Lipinski definition) is 0. The molecule has 5 nitrogen and oxygen atoms in total. The molecule has 1 atom stereocenters. The van der Waals surface area contributed by atoms with Gasteiger partial charge in [0, 0.05) is 31.0 Å². The van der Waals surface area contributed by atoms with Crippen LogP contribution in [0.3, 0.4) is 0 Å². The van der Waals surface area contributed by atoms with E-state index >= 15 is 0 Å². The minimum absolute atomic E-state index is 0.0350. The summed E-state index contributed by atoms with van der Waals surface area (Å²) in [6.07, 6.45) is -1.55. The molecule has 3 rings (SSSR count). The maximum absolute atomic E-state index is 12.9. The van der Waals surface area contributed by atoms with E-state index in [1.807, 2.05) is 25.8 Å². The van der Waals surface area contributed by atoms with Crippen LogP contribution in [0.25, 0.3) is 0 Å². The van der Waals surface area contributed by atoms with Crippen molar-refractivity contribution in [2.24, 2.45) is 7.05 Å². The predicted molar refractivity (Wildman–Crippen MR) is 79.0 cm³/mol. The first-order valence-corrected chi connectivity index (χ1v) is 7.46.